The average molecular weight is 242 g/mol. The first-order valence-electron chi connectivity index (χ1n) is 6.53. The van der Waals surface area contributed by atoms with E-state index < -0.39 is 0 Å². The Balaban J connectivity index is 2.20. The van der Waals surface area contributed by atoms with E-state index in [0.29, 0.717) is 13.0 Å². The molecule has 1 fully saturated rings. The van der Waals surface area contributed by atoms with Gasteiger partial charge in [0.1, 0.15) is 0 Å². The molecule has 0 saturated carbocycles. The zero-order valence-electron chi connectivity index (χ0n) is 11.3. The van der Waals surface area contributed by atoms with E-state index in [9.17, 15) is 4.79 Å². The summed E-state index contributed by atoms with van der Waals surface area (Å²) in [7, 11) is 0. The summed E-state index contributed by atoms with van der Waals surface area (Å²) >= 11 is 0. The zero-order chi connectivity index (χ0) is 12.9. The number of hydrogen-bond acceptors (Lipinski definition) is 3. The lowest BCUT2D eigenvalue weighted by atomic mass is 9.85. The van der Waals surface area contributed by atoms with Gasteiger partial charge < -0.3 is 15.8 Å². The third kappa shape index (κ3) is 5.50. The van der Waals surface area contributed by atoms with Crippen LogP contribution >= 0.6 is 0 Å². The number of carbonyl (C=O) groups is 1. The van der Waals surface area contributed by atoms with Gasteiger partial charge >= 0.3 is 0 Å². The van der Waals surface area contributed by atoms with Gasteiger partial charge in [-0.25, -0.2) is 0 Å². The largest absolute Gasteiger partial charge is 0.376 e. The molecule has 3 N–H and O–H groups in total. The van der Waals surface area contributed by atoms with Crippen molar-refractivity contribution in [2.75, 3.05) is 13.2 Å². The van der Waals surface area contributed by atoms with E-state index in [0.717, 1.165) is 19.4 Å². The van der Waals surface area contributed by atoms with Crippen LogP contribution in [0.4, 0.5) is 0 Å². The minimum atomic E-state index is -0.102. The van der Waals surface area contributed by atoms with Gasteiger partial charge in [-0.3, -0.25) is 4.79 Å². The molecule has 2 atom stereocenters. The van der Waals surface area contributed by atoms with E-state index in [-0.39, 0.29) is 23.5 Å². The Morgan fingerprint density at radius 1 is 1.47 bits per heavy atom. The van der Waals surface area contributed by atoms with Gasteiger partial charge in [-0.15, -0.1) is 0 Å². The molecule has 0 aliphatic carbocycles. The highest BCUT2D eigenvalue weighted by atomic mass is 16.5. The van der Waals surface area contributed by atoms with Gasteiger partial charge in [-0.2, -0.15) is 0 Å². The first-order chi connectivity index (χ1) is 7.89. The minimum absolute atomic E-state index is 0.0291. The van der Waals surface area contributed by atoms with E-state index in [1.54, 1.807) is 0 Å². The predicted molar refractivity (Wildman–Crippen MR) is 68.6 cm³/mol. The molecule has 4 nitrogen and oxygen atoms in total. The van der Waals surface area contributed by atoms with Crippen LogP contribution in [0, 0.1) is 5.41 Å². The number of carbonyl (C=O) groups excluding carboxylic acids is 1. The predicted octanol–water partition coefficient (Wildman–Crippen LogP) is 1.44. The summed E-state index contributed by atoms with van der Waals surface area (Å²) < 4.78 is 5.55. The number of rotatable bonds is 4. The number of hydrogen-bond donors (Lipinski definition) is 2. The highest BCUT2D eigenvalue weighted by molar-refractivity contribution is 5.76. The van der Waals surface area contributed by atoms with E-state index in [1.165, 1.54) is 6.42 Å². The maximum atomic E-state index is 11.7. The van der Waals surface area contributed by atoms with E-state index >= 15 is 0 Å². The first-order valence-corrected chi connectivity index (χ1v) is 6.53. The number of nitrogens with two attached hydrogens (primary N) is 1. The zero-order valence-corrected chi connectivity index (χ0v) is 11.3. The normalized spacial score (nSPS) is 23.2. The number of nitrogens with one attached hydrogen (secondary N) is 1. The topological polar surface area (TPSA) is 64.4 Å². The van der Waals surface area contributed by atoms with E-state index in [2.05, 4.69) is 26.1 Å². The molecular weight excluding hydrogens is 216 g/mol. The molecule has 100 valence electrons. The third-order valence-corrected chi connectivity index (χ3v) is 3.32. The van der Waals surface area contributed by atoms with Crippen LogP contribution in [0.2, 0.25) is 0 Å². The summed E-state index contributed by atoms with van der Waals surface area (Å²) in [5.41, 5.74) is 5.94. The minimum Gasteiger partial charge on any atom is -0.376 e. The highest BCUT2D eigenvalue weighted by Crippen LogP contribution is 2.19. The smallest absolute Gasteiger partial charge is 0.221 e. The fraction of sp³-hybridized carbons (Fsp3) is 0.923. The van der Waals surface area contributed by atoms with Crippen LogP contribution in [0.3, 0.4) is 0 Å². The lowest BCUT2D eigenvalue weighted by Crippen LogP contribution is -2.42. The third-order valence-electron chi connectivity index (χ3n) is 3.32. The molecule has 0 aromatic carbocycles. The van der Waals surface area contributed by atoms with Gasteiger partial charge in [-0.1, -0.05) is 20.8 Å². The Bertz CT molecular complexity index is 242. The molecule has 1 rings (SSSR count). The summed E-state index contributed by atoms with van der Waals surface area (Å²) in [6.45, 7) is 7.59. The van der Waals surface area contributed by atoms with Crippen molar-refractivity contribution in [2.45, 2.75) is 58.6 Å². The summed E-state index contributed by atoms with van der Waals surface area (Å²) in [6, 6.07) is -0.102. The maximum Gasteiger partial charge on any atom is 0.221 e. The fourth-order valence-corrected chi connectivity index (χ4v) is 1.77. The van der Waals surface area contributed by atoms with Gasteiger partial charge in [0.25, 0.3) is 0 Å². The quantitative estimate of drug-likeness (QED) is 0.784. The Labute approximate surface area is 104 Å². The Hall–Kier alpha value is -0.610. The molecule has 1 heterocycles. The standard InChI is InChI=1S/C13H26N2O2/c1-13(2,3)11(14)8-12(16)15-9-10-6-4-5-7-17-10/h10-11H,4-9,14H2,1-3H3,(H,15,16). The number of amides is 1. The van der Waals surface area contributed by atoms with Crippen molar-refractivity contribution in [3.8, 4) is 0 Å². The molecule has 0 aromatic rings. The summed E-state index contributed by atoms with van der Waals surface area (Å²) in [6.07, 6.45) is 3.96. The maximum absolute atomic E-state index is 11.7. The van der Waals surface area contributed by atoms with Gasteiger partial charge in [0.2, 0.25) is 5.91 Å². The first kappa shape index (κ1) is 14.5. The van der Waals surface area contributed by atoms with Crippen molar-refractivity contribution in [3.05, 3.63) is 0 Å². The molecule has 4 heteroatoms. The molecule has 17 heavy (non-hydrogen) atoms. The van der Waals surface area contributed by atoms with Crippen LogP contribution in [0.15, 0.2) is 0 Å². The fourth-order valence-electron chi connectivity index (χ4n) is 1.77. The van der Waals surface area contributed by atoms with Crippen molar-refractivity contribution in [2.24, 2.45) is 11.1 Å². The number of ether oxygens (including phenoxy) is 1. The molecule has 1 aliphatic heterocycles. The van der Waals surface area contributed by atoms with Crippen molar-refractivity contribution < 1.29 is 9.53 Å². The highest BCUT2D eigenvalue weighted by Gasteiger charge is 2.23. The van der Waals surface area contributed by atoms with Gasteiger partial charge in [0.05, 0.1) is 6.10 Å². The second-order valence-corrected chi connectivity index (χ2v) is 5.97. The van der Waals surface area contributed by atoms with Gasteiger partial charge in [0, 0.05) is 25.6 Å². The van der Waals surface area contributed by atoms with Crippen molar-refractivity contribution >= 4 is 5.91 Å². The van der Waals surface area contributed by atoms with Crippen LogP contribution in [0.1, 0.15) is 46.5 Å². The molecule has 1 amide bonds. The van der Waals surface area contributed by atoms with E-state index in [4.69, 9.17) is 10.5 Å². The van der Waals surface area contributed by atoms with Crippen LogP contribution in [-0.4, -0.2) is 31.2 Å². The Morgan fingerprint density at radius 3 is 2.71 bits per heavy atom. The molecule has 0 spiro atoms. The van der Waals surface area contributed by atoms with Crippen LogP contribution in [-0.2, 0) is 9.53 Å². The van der Waals surface area contributed by atoms with Crippen LogP contribution < -0.4 is 11.1 Å². The molecule has 0 radical (unpaired) electrons. The van der Waals surface area contributed by atoms with Crippen LogP contribution in [0.25, 0.3) is 0 Å². The molecular formula is C13H26N2O2. The summed E-state index contributed by atoms with van der Waals surface area (Å²) in [5, 5.41) is 2.91. The Kier molecular flexibility index (Phi) is 5.40. The lowest BCUT2D eigenvalue weighted by molar-refractivity contribution is -0.122. The van der Waals surface area contributed by atoms with Crippen molar-refractivity contribution in [3.63, 3.8) is 0 Å². The average Bonchev–Trinajstić information content (AvgIpc) is 2.26. The summed E-state index contributed by atoms with van der Waals surface area (Å²) in [5.74, 6) is 0.0293. The second-order valence-electron chi connectivity index (χ2n) is 5.97. The molecule has 2 unspecified atom stereocenters. The van der Waals surface area contributed by atoms with Gasteiger partial charge in [0.15, 0.2) is 0 Å². The Morgan fingerprint density at radius 2 is 2.18 bits per heavy atom. The SMILES string of the molecule is CC(C)(C)C(N)CC(=O)NCC1CCCCO1. The molecule has 0 aromatic heterocycles. The molecule has 1 saturated heterocycles. The van der Waals surface area contributed by atoms with E-state index in [1.807, 2.05) is 0 Å². The molecule has 0 bridgehead atoms. The lowest BCUT2D eigenvalue weighted by Gasteiger charge is -2.27. The van der Waals surface area contributed by atoms with Crippen molar-refractivity contribution in [1.82, 2.24) is 5.32 Å². The monoisotopic (exact) mass is 242 g/mol. The van der Waals surface area contributed by atoms with Crippen molar-refractivity contribution in [1.29, 1.82) is 0 Å². The van der Waals surface area contributed by atoms with Crippen LogP contribution in [0.5, 0.6) is 0 Å². The molecule has 1 aliphatic rings. The van der Waals surface area contributed by atoms with Gasteiger partial charge in [-0.05, 0) is 24.7 Å². The summed E-state index contributed by atoms with van der Waals surface area (Å²) in [4.78, 5) is 11.7. The second kappa shape index (κ2) is 6.36.